The molecular formula is C18H11BrCl2N2O2. The minimum absolute atomic E-state index is 0.312. The molecule has 3 aromatic rings. The molecule has 0 atom stereocenters. The molecule has 2 aromatic carbocycles. The first kappa shape index (κ1) is 17.7. The van der Waals surface area contributed by atoms with E-state index in [0.29, 0.717) is 32.7 Å². The Labute approximate surface area is 162 Å². The van der Waals surface area contributed by atoms with Crippen LogP contribution < -0.4 is 5.43 Å². The molecule has 0 saturated carbocycles. The van der Waals surface area contributed by atoms with E-state index in [1.165, 1.54) is 6.21 Å². The molecule has 0 spiro atoms. The summed E-state index contributed by atoms with van der Waals surface area (Å²) >= 11 is 15.5. The van der Waals surface area contributed by atoms with Crippen LogP contribution in [0.2, 0.25) is 10.0 Å². The van der Waals surface area contributed by atoms with Gasteiger partial charge in [0.05, 0.1) is 16.3 Å². The highest BCUT2D eigenvalue weighted by molar-refractivity contribution is 9.10. The van der Waals surface area contributed by atoms with Crippen LogP contribution in [0.4, 0.5) is 0 Å². The lowest BCUT2D eigenvalue weighted by Gasteiger charge is -2.02. The van der Waals surface area contributed by atoms with Crippen molar-refractivity contribution in [3.63, 3.8) is 0 Å². The number of carbonyl (C=O) groups is 1. The van der Waals surface area contributed by atoms with Crippen molar-refractivity contribution in [2.45, 2.75) is 0 Å². The highest BCUT2D eigenvalue weighted by Crippen LogP contribution is 2.34. The fourth-order valence-electron chi connectivity index (χ4n) is 2.08. The first-order valence-corrected chi connectivity index (χ1v) is 8.72. The Kier molecular flexibility index (Phi) is 5.58. The van der Waals surface area contributed by atoms with Crippen molar-refractivity contribution in [1.82, 2.24) is 5.43 Å². The number of halogens is 3. The van der Waals surface area contributed by atoms with Crippen LogP contribution in [-0.4, -0.2) is 12.1 Å². The molecule has 0 radical (unpaired) electrons. The summed E-state index contributed by atoms with van der Waals surface area (Å²) in [7, 11) is 0. The summed E-state index contributed by atoms with van der Waals surface area (Å²) in [5.74, 6) is 0.726. The molecule has 0 unspecified atom stereocenters. The van der Waals surface area contributed by atoms with Gasteiger partial charge in [0.25, 0.3) is 5.91 Å². The van der Waals surface area contributed by atoms with Crippen LogP contribution in [0, 0.1) is 0 Å². The van der Waals surface area contributed by atoms with Gasteiger partial charge in [-0.05, 0) is 48.5 Å². The number of nitrogens with zero attached hydrogens (tertiary/aromatic N) is 1. The SMILES string of the molecule is O=C(N/N=C/c1ccc(-c2cccc(Cl)c2Cl)o1)c1ccc(Br)cc1. The third-order valence-electron chi connectivity index (χ3n) is 3.31. The second-order valence-corrected chi connectivity index (χ2v) is 6.71. The maximum absolute atomic E-state index is 12.0. The van der Waals surface area contributed by atoms with Gasteiger partial charge in [0.15, 0.2) is 0 Å². The number of benzene rings is 2. The van der Waals surface area contributed by atoms with Gasteiger partial charge in [0, 0.05) is 15.6 Å². The molecule has 1 N–H and O–H groups in total. The monoisotopic (exact) mass is 436 g/mol. The van der Waals surface area contributed by atoms with Crippen molar-refractivity contribution in [3.05, 3.63) is 80.4 Å². The van der Waals surface area contributed by atoms with E-state index in [1.807, 2.05) is 6.07 Å². The van der Waals surface area contributed by atoms with Crippen molar-refractivity contribution in [1.29, 1.82) is 0 Å². The molecule has 1 aromatic heterocycles. The fraction of sp³-hybridized carbons (Fsp3) is 0. The summed E-state index contributed by atoms with van der Waals surface area (Å²) < 4.78 is 6.56. The zero-order valence-corrected chi connectivity index (χ0v) is 15.8. The topological polar surface area (TPSA) is 54.6 Å². The lowest BCUT2D eigenvalue weighted by Crippen LogP contribution is -2.17. The van der Waals surface area contributed by atoms with Crippen LogP contribution in [0.25, 0.3) is 11.3 Å². The molecule has 126 valence electrons. The maximum Gasteiger partial charge on any atom is 0.271 e. The highest BCUT2D eigenvalue weighted by atomic mass is 79.9. The summed E-state index contributed by atoms with van der Waals surface area (Å²) in [5.41, 5.74) is 3.64. The summed E-state index contributed by atoms with van der Waals surface area (Å²) in [6.45, 7) is 0. The first-order chi connectivity index (χ1) is 12.0. The second-order valence-electron chi connectivity index (χ2n) is 5.01. The van der Waals surface area contributed by atoms with Crippen molar-refractivity contribution in [2.75, 3.05) is 0 Å². The number of hydrogen-bond donors (Lipinski definition) is 1. The van der Waals surface area contributed by atoms with E-state index in [1.54, 1.807) is 48.5 Å². The van der Waals surface area contributed by atoms with E-state index in [2.05, 4.69) is 26.5 Å². The molecule has 1 heterocycles. The Morgan fingerprint density at radius 3 is 2.60 bits per heavy atom. The number of hydrazone groups is 1. The predicted octanol–water partition coefficient (Wildman–Crippen LogP) is 5.78. The molecular weight excluding hydrogens is 427 g/mol. The van der Waals surface area contributed by atoms with E-state index in [-0.39, 0.29) is 5.91 Å². The van der Waals surface area contributed by atoms with Crippen molar-refractivity contribution < 1.29 is 9.21 Å². The van der Waals surface area contributed by atoms with Gasteiger partial charge >= 0.3 is 0 Å². The lowest BCUT2D eigenvalue weighted by atomic mass is 10.2. The summed E-state index contributed by atoms with van der Waals surface area (Å²) in [4.78, 5) is 12.0. The number of amides is 1. The maximum atomic E-state index is 12.0. The van der Waals surface area contributed by atoms with Crippen LogP contribution >= 0.6 is 39.1 Å². The zero-order valence-electron chi connectivity index (χ0n) is 12.7. The van der Waals surface area contributed by atoms with Crippen LogP contribution in [-0.2, 0) is 0 Å². The quantitative estimate of drug-likeness (QED) is 0.415. The van der Waals surface area contributed by atoms with Gasteiger partial charge in [-0.1, -0.05) is 45.2 Å². The highest BCUT2D eigenvalue weighted by Gasteiger charge is 2.10. The lowest BCUT2D eigenvalue weighted by molar-refractivity contribution is 0.0955. The summed E-state index contributed by atoms with van der Waals surface area (Å²) in [5, 5.41) is 4.77. The molecule has 1 amide bonds. The van der Waals surface area contributed by atoms with Gasteiger partial charge in [0.2, 0.25) is 0 Å². The average Bonchev–Trinajstić information content (AvgIpc) is 3.06. The number of hydrogen-bond acceptors (Lipinski definition) is 3. The van der Waals surface area contributed by atoms with Gasteiger partial charge in [-0.3, -0.25) is 4.79 Å². The Hall–Kier alpha value is -2.08. The van der Waals surface area contributed by atoms with E-state index in [9.17, 15) is 4.79 Å². The molecule has 0 fully saturated rings. The van der Waals surface area contributed by atoms with Gasteiger partial charge in [-0.25, -0.2) is 5.43 Å². The molecule has 4 nitrogen and oxygen atoms in total. The summed E-state index contributed by atoms with van der Waals surface area (Å²) in [6.07, 6.45) is 1.42. The molecule has 0 aliphatic carbocycles. The Morgan fingerprint density at radius 2 is 1.84 bits per heavy atom. The number of carbonyl (C=O) groups excluding carboxylic acids is 1. The van der Waals surface area contributed by atoms with Gasteiger partial charge in [-0.2, -0.15) is 5.10 Å². The van der Waals surface area contributed by atoms with E-state index < -0.39 is 0 Å². The Balaban J connectivity index is 1.69. The van der Waals surface area contributed by atoms with Crippen molar-refractivity contribution in [3.8, 4) is 11.3 Å². The molecule has 0 saturated heterocycles. The van der Waals surface area contributed by atoms with E-state index in [0.717, 1.165) is 4.47 Å². The van der Waals surface area contributed by atoms with Crippen LogP contribution in [0.1, 0.15) is 16.1 Å². The van der Waals surface area contributed by atoms with Crippen molar-refractivity contribution in [2.24, 2.45) is 5.10 Å². The zero-order chi connectivity index (χ0) is 17.8. The predicted molar refractivity (Wildman–Crippen MR) is 103 cm³/mol. The molecule has 3 rings (SSSR count). The minimum atomic E-state index is -0.312. The number of furan rings is 1. The first-order valence-electron chi connectivity index (χ1n) is 7.18. The fourth-order valence-corrected chi connectivity index (χ4v) is 2.74. The van der Waals surface area contributed by atoms with Crippen LogP contribution in [0.3, 0.4) is 0 Å². The standard InChI is InChI=1S/C18H11BrCl2N2O2/c19-12-6-4-11(5-7-12)18(24)23-22-10-13-8-9-16(25-13)14-2-1-3-15(20)17(14)21/h1-10H,(H,23,24)/b22-10+. The average molecular weight is 438 g/mol. The van der Waals surface area contributed by atoms with Gasteiger partial charge in [-0.15, -0.1) is 0 Å². The largest absolute Gasteiger partial charge is 0.455 e. The Bertz CT molecular complexity index is 937. The smallest absolute Gasteiger partial charge is 0.271 e. The molecule has 7 heteroatoms. The third kappa shape index (κ3) is 4.31. The van der Waals surface area contributed by atoms with E-state index >= 15 is 0 Å². The van der Waals surface area contributed by atoms with Crippen LogP contribution in [0.15, 0.2) is 68.6 Å². The minimum Gasteiger partial charge on any atom is -0.455 e. The normalized spacial score (nSPS) is 11.0. The number of nitrogens with one attached hydrogen (secondary N) is 1. The van der Waals surface area contributed by atoms with Crippen LogP contribution in [0.5, 0.6) is 0 Å². The van der Waals surface area contributed by atoms with E-state index in [4.69, 9.17) is 27.6 Å². The van der Waals surface area contributed by atoms with Gasteiger partial charge < -0.3 is 4.42 Å². The second kappa shape index (κ2) is 7.87. The van der Waals surface area contributed by atoms with Gasteiger partial charge in [0.1, 0.15) is 11.5 Å². The molecule has 0 bridgehead atoms. The summed E-state index contributed by atoms with van der Waals surface area (Å²) in [6, 6.07) is 15.7. The van der Waals surface area contributed by atoms with Crippen molar-refractivity contribution >= 4 is 51.3 Å². The molecule has 25 heavy (non-hydrogen) atoms. The Morgan fingerprint density at radius 1 is 1.08 bits per heavy atom. The molecule has 0 aliphatic rings. The molecule has 0 aliphatic heterocycles. The number of rotatable bonds is 4. The third-order valence-corrected chi connectivity index (χ3v) is 4.66.